The maximum absolute atomic E-state index is 13.3. The van der Waals surface area contributed by atoms with Crippen LogP contribution in [0.3, 0.4) is 0 Å². The molecule has 0 bridgehead atoms. The fraction of sp³-hybridized carbons (Fsp3) is 0.455. The number of likely N-dealkylation sites (tertiary alicyclic amines) is 1. The predicted molar refractivity (Wildman–Crippen MR) is 111 cm³/mol. The van der Waals surface area contributed by atoms with E-state index in [1.807, 2.05) is 47.8 Å². The van der Waals surface area contributed by atoms with Crippen LogP contribution in [0.25, 0.3) is 11.0 Å². The third kappa shape index (κ3) is 3.09. The number of nitrogens with zero attached hydrogens (tertiary/aromatic N) is 6. The maximum Gasteiger partial charge on any atom is 0.254 e. The van der Waals surface area contributed by atoms with Gasteiger partial charge in [0.25, 0.3) is 5.91 Å². The van der Waals surface area contributed by atoms with Gasteiger partial charge in [-0.2, -0.15) is 0 Å². The molecule has 0 saturated carbocycles. The highest BCUT2D eigenvalue weighted by Gasteiger charge is 2.33. The lowest BCUT2D eigenvalue weighted by atomic mass is 10.1. The highest BCUT2D eigenvalue weighted by Crippen LogP contribution is 2.32. The molecule has 0 aliphatic carbocycles. The van der Waals surface area contributed by atoms with Crippen LogP contribution in [0, 0.1) is 6.92 Å². The Balaban J connectivity index is 1.44. The number of hydrogen-bond acceptors (Lipinski definition) is 5. The third-order valence-electron chi connectivity index (χ3n) is 6.31. The number of rotatable bonds is 2. The van der Waals surface area contributed by atoms with Gasteiger partial charge in [0.05, 0.1) is 17.1 Å². The zero-order valence-electron chi connectivity index (χ0n) is 17.2. The number of benzene rings is 1. The molecule has 1 aromatic carbocycles. The zero-order chi connectivity index (χ0) is 20.1. The first-order valence-corrected chi connectivity index (χ1v) is 10.3. The van der Waals surface area contributed by atoms with E-state index in [9.17, 15) is 4.79 Å². The molecular formula is C22H26N6O. The summed E-state index contributed by atoms with van der Waals surface area (Å²) in [6.07, 6.45) is 4.79. The Labute approximate surface area is 170 Å². The predicted octanol–water partition coefficient (Wildman–Crippen LogP) is 2.64. The van der Waals surface area contributed by atoms with Crippen LogP contribution >= 0.6 is 0 Å². The molecule has 0 unspecified atom stereocenters. The Morgan fingerprint density at radius 3 is 2.90 bits per heavy atom. The number of carbonyl (C=O) groups is 1. The molecule has 29 heavy (non-hydrogen) atoms. The fourth-order valence-corrected chi connectivity index (χ4v) is 4.53. The van der Waals surface area contributed by atoms with Gasteiger partial charge in [0.1, 0.15) is 5.82 Å². The van der Waals surface area contributed by atoms with Crippen molar-refractivity contribution >= 4 is 16.9 Å². The van der Waals surface area contributed by atoms with Gasteiger partial charge in [-0.05, 0) is 45.0 Å². The van der Waals surface area contributed by atoms with Crippen LogP contribution in [0.5, 0.6) is 0 Å². The van der Waals surface area contributed by atoms with Crippen LogP contribution in [0.4, 0.5) is 0 Å². The summed E-state index contributed by atoms with van der Waals surface area (Å²) in [5, 5.41) is 0. The van der Waals surface area contributed by atoms with Gasteiger partial charge in [0.15, 0.2) is 5.82 Å². The number of likely N-dealkylation sites (N-methyl/N-ethyl adjacent to an activating group) is 1. The molecule has 150 valence electrons. The van der Waals surface area contributed by atoms with Crippen LogP contribution in [0.15, 0.2) is 24.4 Å². The van der Waals surface area contributed by atoms with Crippen molar-refractivity contribution < 1.29 is 4.79 Å². The van der Waals surface area contributed by atoms with Crippen molar-refractivity contribution in [3.63, 3.8) is 0 Å². The third-order valence-corrected chi connectivity index (χ3v) is 6.31. The average Bonchev–Trinajstić information content (AvgIpc) is 3.32. The van der Waals surface area contributed by atoms with E-state index in [1.54, 1.807) is 0 Å². The number of fused-ring (bicyclic) bond motifs is 2. The molecular weight excluding hydrogens is 364 g/mol. The van der Waals surface area contributed by atoms with Crippen molar-refractivity contribution in [1.82, 2.24) is 29.3 Å². The second-order valence-corrected chi connectivity index (χ2v) is 8.27. The van der Waals surface area contributed by atoms with Gasteiger partial charge in [0.2, 0.25) is 0 Å². The van der Waals surface area contributed by atoms with E-state index >= 15 is 0 Å². The van der Waals surface area contributed by atoms with E-state index in [4.69, 9.17) is 4.98 Å². The summed E-state index contributed by atoms with van der Waals surface area (Å²) >= 11 is 0. The Bertz CT molecular complexity index is 1100. The number of carbonyl (C=O) groups excluding carboxylic acids is 1. The maximum atomic E-state index is 13.3. The number of amides is 1. The van der Waals surface area contributed by atoms with Crippen molar-refractivity contribution in [2.24, 2.45) is 7.05 Å². The minimum atomic E-state index is -0.0476. The largest absolute Gasteiger partial charge is 0.331 e. The van der Waals surface area contributed by atoms with Crippen LogP contribution in [0.1, 0.15) is 52.1 Å². The number of aryl methyl sites for hydroxylation is 2. The molecule has 1 saturated heterocycles. The Hall–Kier alpha value is -2.80. The Morgan fingerprint density at radius 2 is 2.03 bits per heavy atom. The fourth-order valence-electron chi connectivity index (χ4n) is 4.53. The lowest BCUT2D eigenvalue weighted by Gasteiger charge is -2.27. The molecule has 1 amide bonds. The van der Waals surface area contributed by atoms with E-state index in [0.717, 1.165) is 67.3 Å². The lowest BCUT2D eigenvalue weighted by molar-refractivity contribution is 0.0729. The van der Waals surface area contributed by atoms with Crippen LogP contribution in [0.2, 0.25) is 0 Å². The standard InChI is InChI=1S/C22H26N6O/c1-14-24-18-11-15(6-7-19(18)27(14)3)22(29)28-9-4-5-20(28)21-23-12-16-13-26(2)10-8-17(16)25-21/h6-7,11-12,20H,4-5,8-10,13H2,1-3H3/t20-/m1/s1. The van der Waals surface area contributed by atoms with E-state index < -0.39 is 0 Å². The quantitative estimate of drug-likeness (QED) is 0.673. The molecule has 1 atom stereocenters. The first-order chi connectivity index (χ1) is 14.0. The number of imidazole rings is 1. The zero-order valence-corrected chi connectivity index (χ0v) is 17.2. The molecule has 4 heterocycles. The summed E-state index contributed by atoms with van der Waals surface area (Å²) in [4.78, 5) is 31.7. The topological polar surface area (TPSA) is 67.2 Å². The van der Waals surface area contributed by atoms with Gasteiger partial charge < -0.3 is 14.4 Å². The normalized spacial score (nSPS) is 19.7. The molecule has 0 spiro atoms. The highest BCUT2D eigenvalue weighted by molar-refractivity contribution is 5.97. The van der Waals surface area contributed by atoms with Crippen LogP contribution < -0.4 is 0 Å². The highest BCUT2D eigenvalue weighted by atomic mass is 16.2. The monoisotopic (exact) mass is 390 g/mol. The molecule has 1 fully saturated rings. The second kappa shape index (κ2) is 6.91. The average molecular weight is 390 g/mol. The van der Waals surface area contributed by atoms with E-state index in [-0.39, 0.29) is 11.9 Å². The Morgan fingerprint density at radius 1 is 1.17 bits per heavy atom. The number of aromatic nitrogens is 4. The molecule has 0 radical (unpaired) electrons. The second-order valence-electron chi connectivity index (χ2n) is 8.27. The van der Waals surface area contributed by atoms with Crippen LogP contribution in [-0.4, -0.2) is 55.4 Å². The van der Waals surface area contributed by atoms with Gasteiger partial charge in [-0.1, -0.05) is 0 Å². The summed E-state index contributed by atoms with van der Waals surface area (Å²) in [6, 6.07) is 5.75. The molecule has 2 aliphatic heterocycles. The van der Waals surface area contributed by atoms with Crippen LogP contribution in [-0.2, 0) is 20.0 Å². The van der Waals surface area contributed by atoms with Crippen molar-refractivity contribution in [2.75, 3.05) is 20.1 Å². The summed E-state index contributed by atoms with van der Waals surface area (Å²) in [6.45, 7) is 4.63. The van der Waals surface area contributed by atoms with Gasteiger partial charge in [-0.15, -0.1) is 0 Å². The van der Waals surface area contributed by atoms with Gasteiger partial charge in [-0.3, -0.25) is 4.79 Å². The minimum absolute atomic E-state index is 0.0405. The first-order valence-electron chi connectivity index (χ1n) is 10.3. The van der Waals surface area contributed by atoms with Crippen molar-refractivity contribution in [3.8, 4) is 0 Å². The minimum Gasteiger partial charge on any atom is -0.331 e. The summed E-state index contributed by atoms with van der Waals surface area (Å²) < 4.78 is 2.04. The summed E-state index contributed by atoms with van der Waals surface area (Å²) in [5.74, 6) is 1.77. The molecule has 7 heteroatoms. The van der Waals surface area contributed by atoms with Gasteiger partial charge in [0, 0.05) is 56.1 Å². The summed E-state index contributed by atoms with van der Waals surface area (Å²) in [7, 11) is 4.11. The molecule has 7 nitrogen and oxygen atoms in total. The Kier molecular flexibility index (Phi) is 4.35. The molecule has 2 aromatic heterocycles. The van der Waals surface area contributed by atoms with E-state index in [1.165, 1.54) is 5.56 Å². The first kappa shape index (κ1) is 18.2. The lowest BCUT2D eigenvalue weighted by Crippen LogP contribution is -2.32. The SMILES string of the molecule is Cc1nc2cc(C(=O)N3CCC[C@@H]3c3ncc4c(n3)CCN(C)C4)ccc2n1C. The van der Waals surface area contributed by atoms with Crippen molar-refractivity contribution in [1.29, 1.82) is 0 Å². The number of hydrogen-bond donors (Lipinski definition) is 0. The van der Waals surface area contributed by atoms with Gasteiger partial charge in [-0.25, -0.2) is 15.0 Å². The molecule has 2 aliphatic rings. The molecule has 3 aromatic rings. The van der Waals surface area contributed by atoms with Crippen molar-refractivity contribution in [2.45, 2.75) is 38.8 Å². The van der Waals surface area contributed by atoms with Gasteiger partial charge >= 0.3 is 0 Å². The van der Waals surface area contributed by atoms with E-state index in [2.05, 4.69) is 21.9 Å². The van der Waals surface area contributed by atoms with Crippen molar-refractivity contribution in [3.05, 3.63) is 52.9 Å². The van der Waals surface area contributed by atoms with E-state index in [0.29, 0.717) is 5.56 Å². The summed E-state index contributed by atoms with van der Waals surface area (Å²) in [5.41, 5.74) is 4.93. The molecule has 5 rings (SSSR count). The smallest absolute Gasteiger partial charge is 0.254 e. The molecule has 0 N–H and O–H groups in total.